The summed E-state index contributed by atoms with van der Waals surface area (Å²) in [6.07, 6.45) is 3.34. The minimum atomic E-state index is -0.303. The van der Waals surface area contributed by atoms with E-state index in [9.17, 15) is 9.18 Å². The van der Waals surface area contributed by atoms with Crippen LogP contribution in [0, 0.1) is 5.82 Å². The molecule has 0 saturated carbocycles. The maximum Gasteiger partial charge on any atom is 0.272 e. The average molecular weight is 340 g/mol. The Morgan fingerprint density at radius 2 is 2.08 bits per heavy atom. The number of nitrogens with one attached hydrogen (secondary N) is 1. The van der Waals surface area contributed by atoms with E-state index in [2.05, 4.69) is 20.3 Å². The van der Waals surface area contributed by atoms with Crippen molar-refractivity contribution < 1.29 is 9.18 Å². The Bertz CT molecular complexity index is 900. The predicted octanol–water partition coefficient (Wildman–Crippen LogP) is 2.32. The van der Waals surface area contributed by atoms with Gasteiger partial charge in [-0.05, 0) is 43.2 Å². The minimum Gasteiger partial charge on any atom is -0.327 e. The quantitative estimate of drug-likeness (QED) is 0.793. The second kappa shape index (κ2) is 6.12. The van der Waals surface area contributed by atoms with Gasteiger partial charge >= 0.3 is 0 Å². The molecular weight excluding hydrogens is 323 g/mol. The number of rotatable bonds is 3. The number of aryl methyl sites for hydroxylation is 1. The van der Waals surface area contributed by atoms with Crippen molar-refractivity contribution in [3.63, 3.8) is 0 Å². The van der Waals surface area contributed by atoms with Crippen LogP contribution in [0.1, 0.15) is 35.2 Å². The Kier molecular flexibility index (Phi) is 3.79. The number of halogens is 1. The zero-order chi connectivity index (χ0) is 17.4. The zero-order valence-corrected chi connectivity index (χ0v) is 13.7. The molecule has 128 valence electrons. The normalized spacial score (nSPS) is 17.2. The topological polar surface area (TPSA) is 79.7 Å². The molecule has 0 aliphatic carbocycles. The van der Waals surface area contributed by atoms with Gasteiger partial charge in [0.25, 0.3) is 5.91 Å². The minimum absolute atomic E-state index is 0.0674. The number of carbonyl (C=O) groups excluding carboxylic acids is 1. The Balaban J connectivity index is 1.60. The molecule has 3 heterocycles. The van der Waals surface area contributed by atoms with E-state index in [0.717, 1.165) is 18.4 Å². The van der Waals surface area contributed by atoms with E-state index in [0.29, 0.717) is 23.9 Å². The van der Waals surface area contributed by atoms with Crippen molar-refractivity contribution in [2.75, 3.05) is 6.54 Å². The van der Waals surface area contributed by atoms with Gasteiger partial charge in [-0.1, -0.05) is 0 Å². The summed E-state index contributed by atoms with van der Waals surface area (Å²) in [4.78, 5) is 19.1. The number of benzene rings is 1. The number of amides is 1. The maximum atomic E-state index is 13.1. The summed E-state index contributed by atoms with van der Waals surface area (Å²) in [6, 6.07) is 7.58. The Labute approximate surface area is 143 Å². The molecule has 1 unspecified atom stereocenters. The summed E-state index contributed by atoms with van der Waals surface area (Å²) in [5.74, 6) is 0.771. The fourth-order valence-electron chi connectivity index (χ4n) is 3.18. The highest BCUT2D eigenvalue weighted by molar-refractivity contribution is 5.93. The summed E-state index contributed by atoms with van der Waals surface area (Å²) in [5, 5.41) is 11.2. The molecule has 1 N–H and O–H groups in total. The van der Waals surface area contributed by atoms with Crippen molar-refractivity contribution in [1.82, 2.24) is 29.9 Å². The fraction of sp³-hybridized carbons (Fsp3) is 0.294. The summed E-state index contributed by atoms with van der Waals surface area (Å²) < 4.78 is 14.6. The molecule has 1 saturated heterocycles. The lowest BCUT2D eigenvalue weighted by Crippen LogP contribution is -2.32. The molecule has 25 heavy (non-hydrogen) atoms. The second-order valence-corrected chi connectivity index (χ2v) is 6.05. The van der Waals surface area contributed by atoms with Crippen LogP contribution >= 0.6 is 0 Å². The van der Waals surface area contributed by atoms with E-state index in [1.807, 2.05) is 0 Å². The van der Waals surface area contributed by atoms with Crippen LogP contribution in [0.4, 0.5) is 4.39 Å². The molecule has 0 bridgehead atoms. The third kappa shape index (κ3) is 2.79. The molecule has 4 rings (SSSR count). The summed E-state index contributed by atoms with van der Waals surface area (Å²) >= 11 is 0. The number of nitrogens with zero attached hydrogens (tertiary/aromatic N) is 5. The van der Waals surface area contributed by atoms with Gasteiger partial charge in [0.1, 0.15) is 17.3 Å². The van der Waals surface area contributed by atoms with E-state index < -0.39 is 0 Å². The first-order chi connectivity index (χ1) is 12.1. The van der Waals surface area contributed by atoms with Gasteiger partial charge in [0.15, 0.2) is 5.82 Å². The summed E-state index contributed by atoms with van der Waals surface area (Å²) in [5.41, 5.74) is 1.27. The molecule has 1 aliphatic rings. The molecule has 0 radical (unpaired) electrons. The molecule has 0 spiro atoms. The molecule has 1 aliphatic heterocycles. The van der Waals surface area contributed by atoms with Gasteiger partial charge in [0.05, 0.1) is 6.04 Å². The van der Waals surface area contributed by atoms with E-state index >= 15 is 0 Å². The van der Waals surface area contributed by atoms with Crippen LogP contribution in [-0.2, 0) is 7.05 Å². The maximum absolute atomic E-state index is 13.1. The monoisotopic (exact) mass is 340 g/mol. The lowest BCUT2D eigenvalue weighted by molar-refractivity contribution is 0.0719. The Morgan fingerprint density at radius 3 is 2.80 bits per heavy atom. The summed E-state index contributed by atoms with van der Waals surface area (Å²) in [7, 11) is 1.75. The molecule has 1 atom stereocenters. The third-order valence-electron chi connectivity index (χ3n) is 4.47. The predicted molar refractivity (Wildman–Crippen MR) is 88.0 cm³/mol. The van der Waals surface area contributed by atoms with Crippen LogP contribution in [0.2, 0.25) is 0 Å². The van der Waals surface area contributed by atoms with Crippen molar-refractivity contribution in [2.24, 2.45) is 7.05 Å². The largest absolute Gasteiger partial charge is 0.327 e. The lowest BCUT2D eigenvalue weighted by Gasteiger charge is -2.22. The average Bonchev–Trinajstić information content (AvgIpc) is 3.34. The fourth-order valence-corrected chi connectivity index (χ4v) is 3.18. The van der Waals surface area contributed by atoms with Gasteiger partial charge in [-0.2, -0.15) is 10.2 Å². The molecule has 3 aromatic rings. The van der Waals surface area contributed by atoms with E-state index in [1.54, 1.807) is 41.0 Å². The molecule has 2 aromatic heterocycles. The second-order valence-electron chi connectivity index (χ2n) is 6.05. The highest BCUT2D eigenvalue weighted by Gasteiger charge is 2.34. The molecule has 1 fully saturated rings. The van der Waals surface area contributed by atoms with Crippen LogP contribution in [0.25, 0.3) is 11.4 Å². The zero-order valence-electron chi connectivity index (χ0n) is 13.7. The van der Waals surface area contributed by atoms with Crippen LogP contribution in [0.15, 0.2) is 36.5 Å². The number of aromatic amines is 1. The number of aromatic nitrogens is 5. The van der Waals surface area contributed by atoms with E-state index in [4.69, 9.17) is 0 Å². The van der Waals surface area contributed by atoms with Gasteiger partial charge in [-0.25, -0.2) is 9.37 Å². The van der Waals surface area contributed by atoms with Crippen LogP contribution < -0.4 is 0 Å². The van der Waals surface area contributed by atoms with Gasteiger partial charge in [-0.15, -0.1) is 0 Å². The molecular formula is C17H17FN6O. The number of hydrogen-bond donors (Lipinski definition) is 1. The third-order valence-corrected chi connectivity index (χ3v) is 4.47. The standard InChI is InChI=1S/C17H17FN6O/c1-23-14(8-9-19-23)17(25)24-10-2-3-13(24)16-20-15(21-22-16)11-4-6-12(18)7-5-11/h4-9,13H,2-3,10H2,1H3,(H,20,21,22). The summed E-state index contributed by atoms with van der Waals surface area (Å²) in [6.45, 7) is 0.668. The Hall–Kier alpha value is -3.03. The molecule has 1 aromatic carbocycles. The van der Waals surface area contributed by atoms with Crippen molar-refractivity contribution in [3.8, 4) is 11.4 Å². The van der Waals surface area contributed by atoms with Gasteiger partial charge < -0.3 is 4.90 Å². The number of likely N-dealkylation sites (tertiary alicyclic amines) is 1. The molecule has 1 amide bonds. The van der Waals surface area contributed by atoms with Gasteiger partial charge in [-0.3, -0.25) is 14.6 Å². The van der Waals surface area contributed by atoms with Crippen molar-refractivity contribution in [2.45, 2.75) is 18.9 Å². The van der Waals surface area contributed by atoms with Crippen LogP contribution in [-0.4, -0.2) is 42.3 Å². The SMILES string of the molecule is Cn1nccc1C(=O)N1CCCC1c1nc(-c2ccc(F)cc2)n[nH]1. The number of carbonyl (C=O) groups is 1. The number of hydrogen-bond acceptors (Lipinski definition) is 4. The van der Waals surface area contributed by atoms with Crippen LogP contribution in [0.3, 0.4) is 0 Å². The lowest BCUT2D eigenvalue weighted by atomic mass is 10.2. The van der Waals surface area contributed by atoms with Gasteiger partial charge in [0, 0.05) is 25.4 Å². The van der Waals surface area contributed by atoms with Crippen molar-refractivity contribution >= 4 is 5.91 Å². The smallest absolute Gasteiger partial charge is 0.272 e. The van der Waals surface area contributed by atoms with E-state index in [-0.39, 0.29) is 17.8 Å². The first kappa shape index (κ1) is 15.5. The molecule has 8 heteroatoms. The number of H-pyrrole nitrogens is 1. The van der Waals surface area contributed by atoms with Crippen molar-refractivity contribution in [1.29, 1.82) is 0 Å². The van der Waals surface area contributed by atoms with Crippen LogP contribution in [0.5, 0.6) is 0 Å². The van der Waals surface area contributed by atoms with Gasteiger partial charge in [0.2, 0.25) is 0 Å². The first-order valence-corrected chi connectivity index (χ1v) is 8.10. The highest BCUT2D eigenvalue weighted by Crippen LogP contribution is 2.32. The first-order valence-electron chi connectivity index (χ1n) is 8.10. The Morgan fingerprint density at radius 1 is 1.28 bits per heavy atom. The van der Waals surface area contributed by atoms with E-state index in [1.165, 1.54) is 12.1 Å². The molecule has 7 nitrogen and oxygen atoms in total. The van der Waals surface area contributed by atoms with Crippen molar-refractivity contribution in [3.05, 3.63) is 53.9 Å². The highest BCUT2D eigenvalue weighted by atomic mass is 19.1.